The molecule has 0 spiro atoms. The summed E-state index contributed by atoms with van der Waals surface area (Å²) in [6.07, 6.45) is 3.87. The van der Waals surface area contributed by atoms with E-state index in [9.17, 15) is 9.59 Å². The molecule has 0 aromatic heterocycles. The second-order valence-electron chi connectivity index (χ2n) is 9.48. The van der Waals surface area contributed by atoms with Crippen molar-refractivity contribution in [3.63, 3.8) is 0 Å². The van der Waals surface area contributed by atoms with Crippen LogP contribution in [-0.4, -0.2) is 91.8 Å². The highest BCUT2D eigenvalue weighted by molar-refractivity contribution is 7.80. The van der Waals surface area contributed by atoms with E-state index in [-0.39, 0.29) is 36.4 Å². The fourth-order valence-electron chi connectivity index (χ4n) is 5.71. The van der Waals surface area contributed by atoms with Crippen LogP contribution in [0.1, 0.15) is 37.2 Å². The van der Waals surface area contributed by atoms with Crippen LogP contribution in [0.5, 0.6) is 0 Å². The van der Waals surface area contributed by atoms with E-state index in [0.29, 0.717) is 40.7 Å². The number of carbonyl (C=O) groups is 2. The molecule has 2 amide bonds. The molecule has 2 fully saturated rings. The summed E-state index contributed by atoms with van der Waals surface area (Å²) in [6.45, 7) is 3.57. The van der Waals surface area contributed by atoms with E-state index in [1.165, 1.54) is 0 Å². The van der Waals surface area contributed by atoms with Crippen LogP contribution in [0.2, 0.25) is 10.0 Å². The Labute approximate surface area is 235 Å². The van der Waals surface area contributed by atoms with Crippen molar-refractivity contribution in [2.75, 3.05) is 58.1 Å². The van der Waals surface area contributed by atoms with Crippen LogP contribution in [0.4, 0.5) is 0 Å². The molecule has 0 saturated carbocycles. The molecule has 3 rings (SSSR count). The van der Waals surface area contributed by atoms with E-state index in [1.807, 2.05) is 18.2 Å². The fourth-order valence-corrected chi connectivity index (χ4v) is 6.41. The second kappa shape index (κ2) is 15.0. The fraction of sp³-hybridized carbons (Fsp3) is 0.680. The summed E-state index contributed by atoms with van der Waals surface area (Å²) in [5.74, 6) is 1.22. The first-order valence-corrected chi connectivity index (χ1v) is 14.6. The van der Waals surface area contributed by atoms with Gasteiger partial charge in [0, 0.05) is 43.8 Å². The molecule has 4 atom stereocenters. The topological polar surface area (TPSA) is 73.9 Å². The van der Waals surface area contributed by atoms with Crippen molar-refractivity contribution < 1.29 is 14.3 Å². The predicted molar refractivity (Wildman–Crippen MR) is 153 cm³/mol. The first-order chi connectivity index (χ1) is 17.4. The Kier molecular flexibility index (Phi) is 12.5. The minimum atomic E-state index is -0.198. The minimum absolute atomic E-state index is 0.0147. The van der Waals surface area contributed by atoms with E-state index in [1.54, 1.807) is 7.11 Å². The highest BCUT2D eigenvalue weighted by atomic mass is 35.5. The lowest BCUT2D eigenvalue weighted by Crippen LogP contribution is -2.53. The normalized spacial score (nSPS) is 23.7. The zero-order valence-corrected chi connectivity index (χ0v) is 24.1. The van der Waals surface area contributed by atoms with Crippen LogP contribution >= 0.6 is 48.5 Å². The van der Waals surface area contributed by atoms with Crippen LogP contribution in [0.25, 0.3) is 0 Å². The van der Waals surface area contributed by atoms with Gasteiger partial charge in [0.05, 0.1) is 22.5 Å². The number of carbonyl (C=O) groups excluding carboxylic acids is 2. The molecular weight excluding hydrogens is 539 g/mol. The lowest BCUT2D eigenvalue weighted by atomic mass is 9.75. The Hall–Kier alpha value is -0.680. The van der Waals surface area contributed by atoms with Gasteiger partial charge >= 0.3 is 0 Å². The number of benzene rings is 1. The van der Waals surface area contributed by atoms with Crippen molar-refractivity contribution >= 4 is 60.3 Å². The van der Waals surface area contributed by atoms with E-state index >= 15 is 0 Å². The first kappa shape index (κ1) is 29.9. The summed E-state index contributed by atoms with van der Waals surface area (Å²) in [5, 5.41) is 6.87. The van der Waals surface area contributed by atoms with E-state index < -0.39 is 0 Å². The molecule has 2 heterocycles. The molecule has 0 radical (unpaired) electrons. The number of nitrogens with one attached hydrogen (secondary N) is 2. The number of hydrogen-bond acceptors (Lipinski definition) is 7. The van der Waals surface area contributed by atoms with Gasteiger partial charge in [-0.1, -0.05) is 29.3 Å². The maximum Gasteiger partial charge on any atom is 0.234 e. The molecule has 2 aliphatic rings. The molecule has 2 bridgehead atoms. The zero-order chi connectivity index (χ0) is 26.1. The number of ether oxygens (including phenoxy) is 1. The Morgan fingerprint density at radius 2 is 1.94 bits per heavy atom. The van der Waals surface area contributed by atoms with Gasteiger partial charge in [-0.3, -0.25) is 19.4 Å². The molecule has 1 aromatic carbocycles. The number of rotatable bonds is 14. The molecule has 0 aliphatic carbocycles. The molecule has 1 unspecified atom stereocenters. The summed E-state index contributed by atoms with van der Waals surface area (Å²) < 4.78 is 5.12. The van der Waals surface area contributed by atoms with Crippen LogP contribution in [0.15, 0.2) is 18.2 Å². The molecule has 1 aromatic rings. The Bertz CT molecular complexity index is 882. The third-order valence-electron chi connectivity index (χ3n) is 7.24. The molecular formula is C25H38Cl2N4O3S2. The summed E-state index contributed by atoms with van der Waals surface area (Å²) in [6, 6.07) is 6.29. The highest BCUT2D eigenvalue weighted by Gasteiger charge is 2.50. The average Bonchev–Trinajstić information content (AvgIpc) is 3.13. The lowest BCUT2D eigenvalue weighted by molar-refractivity contribution is -0.131. The van der Waals surface area contributed by atoms with Crippen LogP contribution in [0, 0.1) is 5.92 Å². The predicted octanol–water partition coefficient (Wildman–Crippen LogP) is 3.32. The van der Waals surface area contributed by atoms with Crippen molar-refractivity contribution in [3.05, 3.63) is 33.8 Å². The van der Waals surface area contributed by atoms with Crippen molar-refractivity contribution in [1.82, 2.24) is 20.4 Å². The number of methoxy groups -OCH3 is 1. The minimum Gasteiger partial charge on any atom is -0.364 e. The van der Waals surface area contributed by atoms with Crippen LogP contribution in [-0.2, 0) is 14.3 Å². The first-order valence-electron chi connectivity index (χ1n) is 12.6. The molecule has 2 N–H and O–H groups in total. The molecule has 2 aliphatic heterocycles. The van der Waals surface area contributed by atoms with Gasteiger partial charge in [-0.15, -0.1) is 0 Å². The average molecular weight is 578 g/mol. The van der Waals surface area contributed by atoms with Crippen molar-refractivity contribution in [3.8, 4) is 0 Å². The van der Waals surface area contributed by atoms with E-state index in [2.05, 4.69) is 45.7 Å². The summed E-state index contributed by atoms with van der Waals surface area (Å²) in [5.41, 5.74) is 1.06. The molecule has 202 valence electrons. The Morgan fingerprint density at radius 1 is 1.14 bits per heavy atom. The lowest BCUT2D eigenvalue weighted by Gasteiger charge is -2.44. The van der Waals surface area contributed by atoms with Gasteiger partial charge in [0.1, 0.15) is 6.73 Å². The highest BCUT2D eigenvalue weighted by Crippen LogP contribution is 2.47. The number of thiol groups is 2. The summed E-state index contributed by atoms with van der Waals surface area (Å²) in [7, 11) is 1.57. The summed E-state index contributed by atoms with van der Waals surface area (Å²) >= 11 is 21.0. The van der Waals surface area contributed by atoms with Gasteiger partial charge < -0.3 is 15.4 Å². The molecule has 2 saturated heterocycles. The van der Waals surface area contributed by atoms with E-state index in [4.69, 9.17) is 27.9 Å². The molecule has 36 heavy (non-hydrogen) atoms. The monoisotopic (exact) mass is 576 g/mol. The number of piperidine rings is 1. The number of fused-ring (bicyclic) bond motifs is 2. The van der Waals surface area contributed by atoms with Crippen molar-refractivity contribution in [2.45, 2.75) is 43.7 Å². The van der Waals surface area contributed by atoms with Gasteiger partial charge in [-0.2, -0.15) is 25.3 Å². The van der Waals surface area contributed by atoms with E-state index in [0.717, 1.165) is 50.9 Å². The largest absolute Gasteiger partial charge is 0.364 e. The SMILES string of the molecule is COCNC(=O)[C@H]1[C@@H](c2ccc(Cl)c(Cl)c2)CC2CC[C@H]1N2CCCN(CCS)CC(=O)NCCS. The number of hydrogen-bond donors (Lipinski definition) is 4. The van der Waals surface area contributed by atoms with Crippen molar-refractivity contribution in [1.29, 1.82) is 0 Å². The quantitative estimate of drug-likeness (QED) is 0.202. The van der Waals surface area contributed by atoms with Gasteiger partial charge in [-0.05, 0) is 62.4 Å². The summed E-state index contributed by atoms with van der Waals surface area (Å²) in [4.78, 5) is 30.2. The van der Waals surface area contributed by atoms with Crippen LogP contribution in [0.3, 0.4) is 0 Å². The molecule has 7 nitrogen and oxygen atoms in total. The standard InChI is InChI=1S/C25H38Cl2N4O3S2/c1-34-16-29-25(33)24-19(17-3-5-20(26)21(27)13-17)14-18-4-6-22(24)31(18)9-2-8-30(10-12-36)15-23(32)28-7-11-35/h3,5,13,18-19,22,24,35-36H,2,4,6-12,14-16H2,1H3,(H,28,32)(H,29,33)/t18?,19-,22-,24+/m1/s1. The van der Waals surface area contributed by atoms with Gasteiger partial charge in [-0.25, -0.2) is 0 Å². The van der Waals surface area contributed by atoms with Gasteiger partial charge in [0.25, 0.3) is 0 Å². The van der Waals surface area contributed by atoms with Crippen LogP contribution < -0.4 is 10.6 Å². The third kappa shape index (κ3) is 7.91. The maximum absolute atomic E-state index is 13.4. The van der Waals surface area contributed by atoms with Gasteiger partial charge in [0.2, 0.25) is 11.8 Å². The molecule has 11 heteroatoms. The maximum atomic E-state index is 13.4. The Morgan fingerprint density at radius 3 is 2.64 bits per heavy atom. The third-order valence-corrected chi connectivity index (χ3v) is 8.40. The number of nitrogens with zero attached hydrogens (tertiary/aromatic N) is 2. The second-order valence-corrected chi connectivity index (χ2v) is 11.2. The van der Waals surface area contributed by atoms with Gasteiger partial charge in [0.15, 0.2) is 0 Å². The smallest absolute Gasteiger partial charge is 0.234 e. The zero-order valence-electron chi connectivity index (χ0n) is 20.8. The number of halogens is 2. The number of amides is 2. The Balaban J connectivity index is 1.69. The van der Waals surface area contributed by atoms with Crippen molar-refractivity contribution in [2.24, 2.45) is 5.92 Å².